The highest BCUT2D eigenvalue weighted by atomic mass is 16.2. The number of hydrogen-bond donors (Lipinski definition) is 2. The molecule has 2 nitrogen and oxygen atoms in total. The first kappa shape index (κ1) is 7.92. The lowest BCUT2D eigenvalue weighted by Gasteiger charge is -1.93. The van der Waals surface area contributed by atoms with Crippen LogP contribution < -0.4 is 5.73 Å². The van der Waals surface area contributed by atoms with Gasteiger partial charge in [0.05, 0.1) is 0 Å². The molecule has 0 aliphatic heterocycles. The topological polar surface area (TPSA) is 46.2 Å². The Labute approximate surface area is 50.7 Å². The highest BCUT2D eigenvalue weighted by Gasteiger charge is 1.84. The van der Waals surface area contributed by atoms with Gasteiger partial charge in [-0.1, -0.05) is 6.42 Å². The van der Waals surface area contributed by atoms with Crippen LogP contribution in [0.4, 0.5) is 0 Å². The van der Waals surface area contributed by atoms with Crippen LogP contribution >= 0.6 is 0 Å². The standard InChI is InChI=1S/C6H14NO/c7-5-3-1-2-4-6-8/h3,8H,1-2,4-7H2. The summed E-state index contributed by atoms with van der Waals surface area (Å²) >= 11 is 0. The number of aliphatic hydroxyl groups excluding tert-OH is 1. The molecule has 0 aromatic carbocycles. The lowest BCUT2D eigenvalue weighted by atomic mass is 10.2. The SMILES string of the molecule is NC[CH]CCCCO. The quantitative estimate of drug-likeness (QED) is 0.508. The summed E-state index contributed by atoms with van der Waals surface area (Å²) < 4.78 is 0. The predicted octanol–water partition coefficient (Wildman–Crippen LogP) is 0.312. The highest BCUT2D eigenvalue weighted by molar-refractivity contribution is 4.63. The fraction of sp³-hybridized carbons (Fsp3) is 0.833. The minimum absolute atomic E-state index is 0.304. The number of unbranched alkanes of at least 4 members (excludes halogenated alkanes) is 3. The molecule has 8 heavy (non-hydrogen) atoms. The lowest BCUT2D eigenvalue weighted by molar-refractivity contribution is 0.284. The normalized spacial score (nSPS) is 9.75. The van der Waals surface area contributed by atoms with Crippen LogP contribution in [0.25, 0.3) is 0 Å². The largest absolute Gasteiger partial charge is 0.396 e. The Morgan fingerprint density at radius 1 is 1.38 bits per heavy atom. The van der Waals surface area contributed by atoms with Crippen molar-refractivity contribution in [3.8, 4) is 0 Å². The minimum atomic E-state index is 0.304. The molecule has 2 heteroatoms. The second-order valence-electron chi connectivity index (χ2n) is 1.74. The Morgan fingerprint density at radius 3 is 2.62 bits per heavy atom. The second kappa shape index (κ2) is 6.92. The Morgan fingerprint density at radius 2 is 2.12 bits per heavy atom. The Kier molecular flexibility index (Phi) is 6.85. The van der Waals surface area contributed by atoms with E-state index in [2.05, 4.69) is 0 Å². The fourth-order valence-corrected chi connectivity index (χ4v) is 0.518. The second-order valence-corrected chi connectivity index (χ2v) is 1.74. The molecule has 0 unspecified atom stereocenters. The van der Waals surface area contributed by atoms with Gasteiger partial charge in [-0.3, -0.25) is 0 Å². The Hall–Kier alpha value is -0.0800. The van der Waals surface area contributed by atoms with Gasteiger partial charge in [0.1, 0.15) is 0 Å². The van der Waals surface area contributed by atoms with Gasteiger partial charge in [0.15, 0.2) is 0 Å². The molecule has 0 spiro atoms. The van der Waals surface area contributed by atoms with Crippen LogP contribution in [-0.4, -0.2) is 18.3 Å². The maximum absolute atomic E-state index is 8.32. The summed E-state index contributed by atoms with van der Waals surface area (Å²) in [5.74, 6) is 0. The van der Waals surface area contributed by atoms with Crippen molar-refractivity contribution in [2.75, 3.05) is 13.2 Å². The van der Waals surface area contributed by atoms with Gasteiger partial charge in [0, 0.05) is 6.61 Å². The molecule has 0 saturated heterocycles. The van der Waals surface area contributed by atoms with Gasteiger partial charge >= 0.3 is 0 Å². The molecule has 3 N–H and O–H groups in total. The molecule has 0 amide bonds. The third-order valence-electron chi connectivity index (χ3n) is 0.983. The molecule has 0 rings (SSSR count). The third kappa shape index (κ3) is 5.92. The van der Waals surface area contributed by atoms with E-state index < -0.39 is 0 Å². The number of aliphatic hydroxyl groups is 1. The number of hydrogen-bond acceptors (Lipinski definition) is 2. The summed E-state index contributed by atoms with van der Waals surface area (Å²) in [7, 11) is 0. The molecule has 0 fully saturated rings. The molecular formula is C6H14NO. The zero-order chi connectivity index (χ0) is 6.24. The van der Waals surface area contributed by atoms with Gasteiger partial charge in [0.25, 0.3) is 0 Å². The maximum Gasteiger partial charge on any atom is 0.0431 e. The molecule has 0 heterocycles. The zero-order valence-electron chi connectivity index (χ0n) is 5.14. The fourth-order valence-electron chi connectivity index (χ4n) is 0.518. The van der Waals surface area contributed by atoms with Gasteiger partial charge in [-0.2, -0.15) is 0 Å². The lowest BCUT2D eigenvalue weighted by Crippen LogP contribution is -1.98. The van der Waals surface area contributed by atoms with Crippen LogP contribution in [0.3, 0.4) is 0 Å². The van der Waals surface area contributed by atoms with Crippen molar-refractivity contribution in [1.82, 2.24) is 0 Å². The van der Waals surface area contributed by atoms with E-state index in [1.807, 2.05) is 6.42 Å². The summed E-state index contributed by atoms with van der Waals surface area (Å²) in [5.41, 5.74) is 5.19. The summed E-state index contributed by atoms with van der Waals surface area (Å²) in [6.07, 6.45) is 5.02. The van der Waals surface area contributed by atoms with Crippen LogP contribution in [0.15, 0.2) is 0 Å². The summed E-state index contributed by atoms with van der Waals surface area (Å²) in [6.45, 7) is 0.962. The molecule has 0 aliphatic carbocycles. The minimum Gasteiger partial charge on any atom is -0.396 e. The van der Waals surface area contributed by atoms with Gasteiger partial charge < -0.3 is 10.8 Å². The smallest absolute Gasteiger partial charge is 0.0431 e. The van der Waals surface area contributed by atoms with Crippen molar-refractivity contribution in [2.45, 2.75) is 19.3 Å². The average Bonchev–Trinajstić information content (AvgIpc) is 1.81. The van der Waals surface area contributed by atoms with Crippen LogP contribution in [0.5, 0.6) is 0 Å². The number of nitrogens with two attached hydrogens (primary N) is 1. The first-order valence-corrected chi connectivity index (χ1v) is 3.04. The van der Waals surface area contributed by atoms with Crippen LogP contribution in [0.2, 0.25) is 0 Å². The van der Waals surface area contributed by atoms with E-state index in [1.54, 1.807) is 0 Å². The van der Waals surface area contributed by atoms with E-state index in [-0.39, 0.29) is 0 Å². The van der Waals surface area contributed by atoms with Crippen molar-refractivity contribution in [3.63, 3.8) is 0 Å². The Bertz CT molecular complexity index is 33.5. The number of rotatable bonds is 5. The van der Waals surface area contributed by atoms with Gasteiger partial charge in [-0.15, -0.1) is 0 Å². The Balaban J connectivity index is 2.53. The monoisotopic (exact) mass is 116 g/mol. The van der Waals surface area contributed by atoms with Crippen molar-refractivity contribution in [3.05, 3.63) is 6.42 Å². The summed E-state index contributed by atoms with van der Waals surface area (Å²) in [5, 5.41) is 8.32. The third-order valence-corrected chi connectivity index (χ3v) is 0.983. The molecule has 0 aromatic rings. The first-order chi connectivity index (χ1) is 3.91. The van der Waals surface area contributed by atoms with Crippen molar-refractivity contribution in [2.24, 2.45) is 5.73 Å². The van der Waals surface area contributed by atoms with Gasteiger partial charge in [-0.05, 0) is 25.8 Å². The van der Waals surface area contributed by atoms with Gasteiger partial charge in [0.2, 0.25) is 0 Å². The predicted molar refractivity (Wildman–Crippen MR) is 34.3 cm³/mol. The molecular weight excluding hydrogens is 102 g/mol. The van der Waals surface area contributed by atoms with E-state index in [4.69, 9.17) is 10.8 Å². The molecule has 0 aromatic heterocycles. The van der Waals surface area contributed by atoms with Crippen molar-refractivity contribution >= 4 is 0 Å². The summed E-state index contributed by atoms with van der Waals surface area (Å²) in [6, 6.07) is 0. The molecule has 0 saturated carbocycles. The summed E-state index contributed by atoms with van der Waals surface area (Å²) in [4.78, 5) is 0. The van der Waals surface area contributed by atoms with Crippen molar-refractivity contribution in [1.29, 1.82) is 0 Å². The van der Waals surface area contributed by atoms with E-state index in [0.29, 0.717) is 13.2 Å². The molecule has 1 radical (unpaired) electrons. The molecule has 0 atom stereocenters. The average molecular weight is 116 g/mol. The molecule has 49 valence electrons. The van der Waals surface area contributed by atoms with E-state index in [9.17, 15) is 0 Å². The highest BCUT2D eigenvalue weighted by Crippen LogP contribution is 1.94. The van der Waals surface area contributed by atoms with E-state index in [0.717, 1.165) is 19.3 Å². The van der Waals surface area contributed by atoms with Crippen LogP contribution in [0.1, 0.15) is 19.3 Å². The van der Waals surface area contributed by atoms with Gasteiger partial charge in [-0.25, -0.2) is 0 Å². The first-order valence-electron chi connectivity index (χ1n) is 3.04. The van der Waals surface area contributed by atoms with Crippen LogP contribution in [0, 0.1) is 6.42 Å². The molecule has 0 bridgehead atoms. The zero-order valence-corrected chi connectivity index (χ0v) is 5.14. The van der Waals surface area contributed by atoms with Crippen molar-refractivity contribution < 1.29 is 5.11 Å². The molecule has 0 aliphatic rings. The van der Waals surface area contributed by atoms with E-state index in [1.165, 1.54) is 0 Å². The van der Waals surface area contributed by atoms with Crippen LogP contribution in [-0.2, 0) is 0 Å². The maximum atomic E-state index is 8.32. The van der Waals surface area contributed by atoms with E-state index >= 15 is 0 Å².